The van der Waals surface area contributed by atoms with Crippen LogP contribution in [0.5, 0.6) is 0 Å². The highest BCUT2D eigenvalue weighted by Crippen LogP contribution is 2.21. The monoisotopic (exact) mass is 324 g/mol. The zero-order valence-corrected chi connectivity index (χ0v) is 13.2. The van der Waals surface area contributed by atoms with E-state index < -0.39 is 10.0 Å². The summed E-state index contributed by atoms with van der Waals surface area (Å²) >= 11 is 5.78. The second kappa shape index (κ2) is 6.93. The van der Waals surface area contributed by atoms with Crippen LogP contribution in [-0.4, -0.2) is 15.0 Å². The van der Waals surface area contributed by atoms with E-state index in [1.807, 2.05) is 19.1 Å². The Kier molecular flexibility index (Phi) is 5.22. The Morgan fingerprint density at radius 1 is 1.05 bits per heavy atom. The second-order valence-corrected chi connectivity index (χ2v) is 6.62. The van der Waals surface area contributed by atoms with Gasteiger partial charge in [-0.15, -0.1) is 0 Å². The number of anilines is 1. The fraction of sp³-hybridized carbons (Fsp3) is 0.200. The minimum absolute atomic E-state index is 0.185. The first-order valence-electron chi connectivity index (χ1n) is 6.60. The van der Waals surface area contributed by atoms with Crippen LogP contribution in [0.2, 0.25) is 5.02 Å². The van der Waals surface area contributed by atoms with Crippen molar-refractivity contribution in [1.29, 1.82) is 0 Å². The molecule has 0 atom stereocenters. The van der Waals surface area contributed by atoms with Crippen LogP contribution in [0, 0.1) is 0 Å². The molecule has 0 saturated heterocycles. The van der Waals surface area contributed by atoms with Gasteiger partial charge in [0.05, 0.1) is 10.6 Å². The standard InChI is InChI=1S/C15H17ClN2O2S/c1-2-17-11-12-5-3-4-6-15(12)18-21(19,20)14-9-7-13(16)8-10-14/h3-10,17-18H,2,11H2,1H3. The summed E-state index contributed by atoms with van der Waals surface area (Å²) in [5, 5.41) is 3.69. The summed E-state index contributed by atoms with van der Waals surface area (Å²) in [6, 6.07) is 13.4. The van der Waals surface area contributed by atoms with E-state index in [0.717, 1.165) is 12.1 Å². The van der Waals surface area contributed by atoms with Crippen molar-refractivity contribution in [2.45, 2.75) is 18.4 Å². The van der Waals surface area contributed by atoms with Crippen molar-refractivity contribution in [2.75, 3.05) is 11.3 Å². The number of halogens is 1. The first kappa shape index (κ1) is 15.8. The number of hydrogen-bond donors (Lipinski definition) is 2. The summed E-state index contributed by atoms with van der Waals surface area (Å²) in [7, 11) is -3.61. The van der Waals surface area contributed by atoms with Gasteiger partial charge in [-0.3, -0.25) is 4.72 Å². The zero-order valence-electron chi connectivity index (χ0n) is 11.6. The van der Waals surface area contributed by atoms with Crippen LogP contribution in [-0.2, 0) is 16.6 Å². The molecule has 0 spiro atoms. The number of nitrogens with one attached hydrogen (secondary N) is 2. The third kappa shape index (κ3) is 4.20. The van der Waals surface area contributed by atoms with Gasteiger partial charge >= 0.3 is 0 Å². The van der Waals surface area contributed by atoms with Crippen LogP contribution >= 0.6 is 11.6 Å². The predicted octanol–water partition coefficient (Wildman–Crippen LogP) is 3.25. The van der Waals surface area contributed by atoms with Crippen molar-refractivity contribution in [2.24, 2.45) is 0 Å². The van der Waals surface area contributed by atoms with Gasteiger partial charge in [-0.1, -0.05) is 36.7 Å². The molecule has 6 heteroatoms. The molecule has 2 N–H and O–H groups in total. The summed E-state index contributed by atoms with van der Waals surface area (Å²) in [5.41, 5.74) is 1.48. The van der Waals surface area contributed by atoms with Gasteiger partial charge in [-0.25, -0.2) is 8.42 Å². The highest BCUT2D eigenvalue weighted by Gasteiger charge is 2.15. The van der Waals surface area contributed by atoms with Gasteiger partial charge in [-0.05, 0) is 42.4 Å². The van der Waals surface area contributed by atoms with E-state index in [4.69, 9.17) is 11.6 Å². The molecule has 0 amide bonds. The molecular formula is C15H17ClN2O2S. The normalized spacial score (nSPS) is 11.3. The number of rotatable bonds is 6. The largest absolute Gasteiger partial charge is 0.313 e. The molecule has 4 nitrogen and oxygen atoms in total. The predicted molar refractivity (Wildman–Crippen MR) is 86.1 cm³/mol. The molecule has 0 radical (unpaired) electrons. The first-order chi connectivity index (χ1) is 10.0. The molecular weight excluding hydrogens is 308 g/mol. The Hall–Kier alpha value is -1.56. The summed E-state index contributed by atoms with van der Waals surface area (Å²) in [5.74, 6) is 0. The highest BCUT2D eigenvalue weighted by molar-refractivity contribution is 7.92. The van der Waals surface area contributed by atoms with Gasteiger partial charge in [0.15, 0.2) is 0 Å². The average molecular weight is 325 g/mol. The molecule has 2 aromatic carbocycles. The Labute approximate surface area is 130 Å². The minimum Gasteiger partial charge on any atom is -0.313 e. The summed E-state index contributed by atoms with van der Waals surface area (Å²) in [4.78, 5) is 0.185. The summed E-state index contributed by atoms with van der Waals surface area (Å²) in [6.07, 6.45) is 0. The lowest BCUT2D eigenvalue weighted by Gasteiger charge is -2.13. The molecule has 0 aromatic heterocycles. The molecule has 0 heterocycles. The summed E-state index contributed by atoms with van der Waals surface area (Å²) < 4.78 is 27.3. The van der Waals surface area contributed by atoms with Gasteiger partial charge < -0.3 is 5.32 Å². The molecule has 0 saturated carbocycles. The van der Waals surface area contributed by atoms with Crippen molar-refractivity contribution in [3.8, 4) is 0 Å². The van der Waals surface area contributed by atoms with Gasteiger partial charge in [0.25, 0.3) is 10.0 Å². The Morgan fingerprint density at radius 3 is 2.38 bits per heavy atom. The smallest absolute Gasteiger partial charge is 0.261 e. The van der Waals surface area contributed by atoms with E-state index >= 15 is 0 Å². The minimum atomic E-state index is -3.61. The number of hydrogen-bond acceptors (Lipinski definition) is 3. The molecule has 21 heavy (non-hydrogen) atoms. The molecule has 0 bridgehead atoms. The second-order valence-electron chi connectivity index (χ2n) is 4.50. The van der Waals surface area contributed by atoms with E-state index in [0.29, 0.717) is 17.3 Å². The molecule has 2 rings (SSSR count). The lowest BCUT2D eigenvalue weighted by molar-refractivity contribution is 0.601. The van der Waals surface area contributed by atoms with Crippen LogP contribution in [0.25, 0.3) is 0 Å². The maximum absolute atomic E-state index is 12.4. The topological polar surface area (TPSA) is 58.2 Å². The highest BCUT2D eigenvalue weighted by atomic mass is 35.5. The van der Waals surface area contributed by atoms with Crippen molar-refractivity contribution < 1.29 is 8.42 Å². The van der Waals surface area contributed by atoms with Crippen molar-refractivity contribution in [3.63, 3.8) is 0 Å². The van der Waals surface area contributed by atoms with Crippen LogP contribution in [0.15, 0.2) is 53.4 Å². The van der Waals surface area contributed by atoms with Gasteiger partial charge in [0.1, 0.15) is 0 Å². The number of benzene rings is 2. The van der Waals surface area contributed by atoms with Crippen molar-refractivity contribution in [3.05, 3.63) is 59.1 Å². The molecule has 0 aliphatic carbocycles. The molecule has 0 fully saturated rings. The molecule has 112 valence electrons. The molecule has 0 aliphatic rings. The van der Waals surface area contributed by atoms with Crippen LogP contribution in [0.1, 0.15) is 12.5 Å². The number of sulfonamides is 1. The fourth-order valence-electron chi connectivity index (χ4n) is 1.85. The first-order valence-corrected chi connectivity index (χ1v) is 8.46. The molecule has 2 aromatic rings. The third-order valence-corrected chi connectivity index (χ3v) is 4.58. The molecule has 0 unspecified atom stereocenters. The van der Waals surface area contributed by atoms with Crippen LogP contribution in [0.3, 0.4) is 0 Å². The van der Waals surface area contributed by atoms with E-state index in [1.54, 1.807) is 24.3 Å². The van der Waals surface area contributed by atoms with E-state index in [-0.39, 0.29) is 4.90 Å². The Balaban J connectivity index is 2.26. The lowest BCUT2D eigenvalue weighted by atomic mass is 10.2. The van der Waals surface area contributed by atoms with E-state index in [2.05, 4.69) is 10.0 Å². The van der Waals surface area contributed by atoms with Gasteiger partial charge in [0.2, 0.25) is 0 Å². The average Bonchev–Trinajstić information content (AvgIpc) is 2.46. The van der Waals surface area contributed by atoms with Crippen molar-refractivity contribution >= 4 is 27.3 Å². The SMILES string of the molecule is CCNCc1ccccc1NS(=O)(=O)c1ccc(Cl)cc1. The van der Waals surface area contributed by atoms with E-state index in [1.165, 1.54) is 12.1 Å². The Morgan fingerprint density at radius 2 is 1.71 bits per heavy atom. The van der Waals surface area contributed by atoms with Crippen LogP contribution in [0.4, 0.5) is 5.69 Å². The number of para-hydroxylation sites is 1. The fourth-order valence-corrected chi connectivity index (χ4v) is 3.08. The maximum atomic E-state index is 12.4. The maximum Gasteiger partial charge on any atom is 0.261 e. The van der Waals surface area contributed by atoms with Crippen LogP contribution < -0.4 is 10.0 Å². The molecule has 0 aliphatic heterocycles. The summed E-state index contributed by atoms with van der Waals surface area (Å²) in [6.45, 7) is 3.43. The van der Waals surface area contributed by atoms with Gasteiger partial charge in [-0.2, -0.15) is 0 Å². The zero-order chi connectivity index (χ0) is 15.3. The van der Waals surface area contributed by atoms with Crippen molar-refractivity contribution in [1.82, 2.24) is 5.32 Å². The van der Waals surface area contributed by atoms with Gasteiger partial charge in [0, 0.05) is 11.6 Å². The quantitative estimate of drug-likeness (QED) is 0.857. The van der Waals surface area contributed by atoms with E-state index in [9.17, 15) is 8.42 Å². The Bertz CT molecular complexity index is 700. The lowest BCUT2D eigenvalue weighted by Crippen LogP contribution is -2.17. The third-order valence-electron chi connectivity index (χ3n) is 2.95.